The SMILES string of the molecule is c1ccc([Se]CCn2ccnc2)cc1. The molecule has 0 bridgehead atoms. The molecule has 0 radical (unpaired) electrons. The van der Waals surface area contributed by atoms with Crippen molar-refractivity contribution in [3.8, 4) is 0 Å². The number of aromatic nitrogens is 2. The summed E-state index contributed by atoms with van der Waals surface area (Å²) in [7, 11) is 0. The zero-order chi connectivity index (χ0) is 9.64. The normalized spacial score (nSPS) is 10.3. The summed E-state index contributed by atoms with van der Waals surface area (Å²) in [6, 6.07) is 10.7. The first-order valence-electron chi connectivity index (χ1n) is 4.59. The molecule has 1 aromatic carbocycles. The summed E-state index contributed by atoms with van der Waals surface area (Å²) in [6.45, 7) is 1.08. The van der Waals surface area contributed by atoms with Crippen molar-refractivity contribution in [2.75, 3.05) is 0 Å². The number of benzene rings is 1. The van der Waals surface area contributed by atoms with E-state index in [4.69, 9.17) is 0 Å². The van der Waals surface area contributed by atoms with Crippen LogP contribution in [-0.4, -0.2) is 24.5 Å². The molecule has 2 nitrogen and oxygen atoms in total. The van der Waals surface area contributed by atoms with E-state index < -0.39 is 0 Å². The summed E-state index contributed by atoms with van der Waals surface area (Å²) in [5.41, 5.74) is 0. The molecule has 0 amide bonds. The van der Waals surface area contributed by atoms with Crippen LogP contribution in [0, 0.1) is 0 Å². The van der Waals surface area contributed by atoms with Crippen molar-refractivity contribution in [2.45, 2.75) is 11.9 Å². The minimum absolute atomic E-state index is 0.589. The third-order valence-electron chi connectivity index (χ3n) is 1.92. The van der Waals surface area contributed by atoms with E-state index in [9.17, 15) is 0 Å². The maximum atomic E-state index is 4.02. The Labute approximate surface area is 90.1 Å². The first kappa shape index (κ1) is 9.50. The van der Waals surface area contributed by atoms with Crippen molar-refractivity contribution in [3.63, 3.8) is 0 Å². The first-order chi connectivity index (χ1) is 6.95. The average Bonchev–Trinajstić information content (AvgIpc) is 2.72. The van der Waals surface area contributed by atoms with Crippen molar-refractivity contribution in [1.82, 2.24) is 9.55 Å². The van der Waals surface area contributed by atoms with Gasteiger partial charge in [-0.05, 0) is 0 Å². The van der Waals surface area contributed by atoms with Gasteiger partial charge in [-0.25, -0.2) is 0 Å². The Bertz CT molecular complexity index is 356. The summed E-state index contributed by atoms with van der Waals surface area (Å²) < 4.78 is 3.60. The molecular weight excluding hydrogens is 239 g/mol. The molecule has 0 unspecified atom stereocenters. The second-order valence-corrected chi connectivity index (χ2v) is 5.41. The van der Waals surface area contributed by atoms with E-state index in [0.717, 1.165) is 6.54 Å². The molecule has 0 aliphatic heterocycles. The fourth-order valence-corrected chi connectivity index (χ4v) is 3.07. The van der Waals surface area contributed by atoms with E-state index in [2.05, 4.69) is 39.9 Å². The van der Waals surface area contributed by atoms with Gasteiger partial charge in [0.05, 0.1) is 0 Å². The van der Waals surface area contributed by atoms with Gasteiger partial charge in [0, 0.05) is 0 Å². The van der Waals surface area contributed by atoms with Gasteiger partial charge >= 0.3 is 89.9 Å². The number of hydrogen-bond acceptors (Lipinski definition) is 1. The van der Waals surface area contributed by atoms with E-state index >= 15 is 0 Å². The Morgan fingerprint density at radius 3 is 2.79 bits per heavy atom. The Morgan fingerprint density at radius 1 is 1.21 bits per heavy atom. The molecule has 14 heavy (non-hydrogen) atoms. The molecule has 0 fully saturated rings. The zero-order valence-corrected chi connectivity index (χ0v) is 9.55. The van der Waals surface area contributed by atoms with Crippen LogP contribution in [0.2, 0.25) is 5.32 Å². The Hall–Kier alpha value is -1.05. The van der Waals surface area contributed by atoms with Gasteiger partial charge in [0.2, 0.25) is 0 Å². The predicted octanol–water partition coefficient (Wildman–Crippen LogP) is 1.33. The molecule has 2 aromatic rings. The molecule has 1 aromatic heterocycles. The minimum atomic E-state index is 0.589. The zero-order valence-electron chi connectivity index (χ0n) is 7.84. The van der Waals surface area contributed by atoms with Gasteiger partial charge < -0.3 is 0 Å². The first-order valence-corrected chi connectivity index (χ1v) is 6.65. The predicted molar refractivity (Wildman–Crippen MR) is 58.9 cm³/mol. The Morgan fingerprint density at radius 2 is 2.07 bits per heavy atom. The van der Waals surface area contributed by atoms with E-state index in [1.54, 1.807) is 0 Å². The van der Waals surface area contributed by atoms with Crippen LogP contribution in [0.15, 0.2) is 49.1 Å². The van der Waals surface area contributed by atoms with Gasteiger partial charge in [-0.1, -0.05) is 0 Å². The molecule has 0 saturated heterocycles. The molecular formula is C11H12N2Se. The van der Waals surface area contributed by atoms with Crippen LogP contribution in [0.4, 0.5) is 0 Å². The molecule has 0 aliphatic carbocycles. The summed E-state index contributed by atoms with van der Waals surface area (Å²) in [5, 5.41) is 1.23. The Balaban J connectivity index is 1.79. The van der Waals surface area contributed by atoms with Crippen molar-refractivity contribution in [2.24, 2.45) is 0 Å². The average molecular weight is 251 g/mol. The number of imidazole rings is 1. The molecule has 0 N–H and O–H groups in total. The fraction of sp³-hybridized carbons (Fsp3) is 0.182. The van der Waals surface area contributed by atoms with E-state index in [1.165, 1.54) is 9.78 Å². The van der Waals surface area contributed by atoms with Crippen LogP contribution in [0.25, 0.3) is 0 Å². The van der Waals surface area contributed by atoms with Crippen LogP contribution in [0.3, 0.4) is 0 Å². The van der Waals surface area contributed by atoms with Crippen LogP contribution < -0.4 is 4.46 Å². The van der Waals surface area contributed by atoms with Crippen LogP contribution in [0.5, 0.6) is 0 Å². The third-order valence-corrected chi connectivity index (χ3v) is 4.00. The van der Waals surface area contributed by atoms with Crippen LogP contribution >= 0.6 is 0 Å². The molecule has 2 rings (SSSR count). The number of hydrogen-bond donors (Lipinski definition) is 0. The van der Waals surface area contributed by atoms with Crippen molar-refractivity contribution >= 4 is 19.4 Å². The van der Waals surface area contributed by atoms with Gasteiger partial charge in [0.1, 0.15) is 0 Å². The molecule has 1 heterocycles. The molecule has 72 valence electrons. The fourth-order valence-electron chi connectivity index (χ4n) is 1.20. The van der Waals surface area contributed by atoms with Crippen LogP contribution in [-0.2, 0) is 6.54 Å². The van der Waals surface area contributed by atoms with E-state index in [1.807, 2.05) is 18.7 Å². The molecule has 0 atom stereocenters. The quantitative estimate of drug-likeness (QED) is 0.750. The van der Waals surface area contributed by atoms with Gasteiger partial charge in [-0.15, -0.1) is 0 Å². The molecule has 3 heteroatoms. The number of rotatable bonds is 4. The molecule has 0 spiro atoms. The molecule has 0 saturated carbocycles. The standard InChI is InChI=1S/C11H12N2Se/c1-2-4-11(5-3-1)14-9-8-13-7-6-12-10-13/h1-7,10H,8-9H2. The number of aryl methyl sites for hydroxylation is 1. The summed E-state index contributed by atoms with van der Waals surface area (Å²) in [5.74, 6) is 0. The monoisotopic (exact) mass is 252 g/mol. The van der Waals surface area contributed by atoms with E-state index in [-0.39, 0.29) is 0 Å². The van der Waals surface area contributed by atoms with Gasteiger partial charge in [-0.2, -0.15) is 0 Å². The van der Waals surface area contributed by atoms with Gasteiger partial charge in [-0.3, -0.25) is 0 Å². The van der Waals surface area contributed by atoms with E-state index in [0.29, 0.717) is 15.0 Å². The van der Waals surface area contributed by atoms with Gasteiger partial charge in [0.25, 0.3) is 0 Å². The summed E-state index contributed by atoms with van der Waals surface area (Å²) >= 11 is 0.589. The van der Waals surface area contributed by atoms with Gasteiger partial charge in [0.15, 0.2) is 0 Å². The third kappa shape index (κ3) is 2.72. The maximum absolute atomic E-state index is 4.02. The summed E-state index contributed by atoms with van der Waals surface area (Å²) in [4.78, 5) is 4.02. The Kier molecular flexibility index (Phi) is 3.38. The van der Waals surface area contributed by atoms with Crippen molar-refractivity contribution in [3.05, 3.63) is 49.1 Å². The summed E-state index contributed by atoms with van der Waals surface area (Å²) in [6.07, 6.45) is 5.72. The van der Waals surface area contributed by atoms with Crippen molar-refractivity contribution < 1.29 is 0 Å². The topological polar surface area (TPSA) is 17.8 Å². The number of nitrogens with zero attached hydrogens (tertiary/aromatic N) is 2. The second-order valence-electron chi connectivity index (χ2n) is 2.96. The van der Waals surface area contributed by atoms with Crippen LogP contribution in [0.1, 0.15) is 0 Å². The second kappa shape index (κ2) is 4.99. The molecule has 0 aliphatic rings. The van der Waals surface area contributed by atoms with Crippen molar-refractivity contribution in [1.29, 1.82) is 0 Å².